The third-order valence-corrected chi connectivity index (χ3v) is 8.97. The van der Waals surface area contributed by atoms with Crippen LogP contribution < -0.4 is 55.9 Å². The Morgan fingerprint density at radius 3 is 2.47 bits per heavy atom. The fourth-order valence-electron chi connectivity index (χ4n) is 5.44. The number of aliphatic hydroxyl groups is 1. The Balaban J connectivity index is 0.00000423. The van der Waals surface area contributed by atoms with Gasteiger partial charge in [-0.15, -0.1) is 11.8 Å². The van der Waals surface area contributed by atoms with E-state index in [0.717, 1.165) is 9.80 Å². The van der Waals surface area contributed by atoms with Gasteiger partial charge in [-0.1, -0.05) is 30.3 Å². The first-order valence-electron chi connectivity index (χ1n) is 13.4. The molecule has 1 aromatic carbocycles. The van der Waals surface area contributed by atoms with Gasteiger partial charge in [0.05, 0.1) is 24.0 Å². The summed E-state index contributed by atoms with van der Waals surface area (Å²) in [5.41, 5.74) is 6.09. The van der Waals surface area contributed by atoms with Crippen molar-refractivity contribution in [3.05, 3.63) is 53.4 Å². The van der Waals surface area contributed by atoms with Crippen LogP contribution in [0.5, 0.6) is 5.88 Å². The largest absolute Gasteiger partial charge is 1.00 e. The number of fused-ring (bicyclic) bond motifs is 1. The number of nitrogens with zero attached hydrogens (tertiary/aromatic N) is 4. The summed E-state index contributed by atoms with van der Waals surface area (Å²) in [5.74, 6) is -3.08. The van der Waals surface area contributed by atoms with Crippen LogP contribution in [0.1, 0.15) is 44.2 Å². The maximum Gasteiger partial charge on any atom is 1.00 e. The molecule has 4 amide bonds. The number of urea groups is 1. The number of primary amides is 1. The number of rotatable bonds is 8. The molecule has 2 fully saturated rings. The zero-order chi connectivity index (χ0) is 30.1. The number of benzene rings is 1. The van der Waals surface area contributed by atoms with E-state index in [-0.39, 0.29) is 59.0 Å². The molecule has 16 heteroatoms. The molecule has 5 rings (SSSR count). The standard InChI is InChI=1S/C27H31N7O7S.Na/c1-13-12-42-24-18(23(38)34(24)19(13)25(39)40)31-22(37)20(14-5-3-2-4-6-14)33(26(28)41)17-11-29-27(32-21(17)36)30-15-7-9-16(35)10-8-15;/h2-6,11,15-16,18,20,24,35H,7-10,12H2,1H3,(H2,28,41)(H,31,37)(H,39,40)(H2,29,30,32,36);/q;+1/p-1/t15?,16?,18?,20?,24-;/m0./s1. The van der Waals surface area contributed by atoms with Gasteiger partial charge in [0.25, 0.3) is 5.91 Å². The predicted molar refractivity (Wildman–Crippen MR) is 150 cm³/mol. The number of carbonyl (C=O) groups excluding carboxylic acids is 4. The molecule has 0 bridgehead atoms. The molecule has 3 aliphatic rings. The van der Waals surface area contributed by atoms with Crippen LogP contribution in [0.4, 0.5) is 16.4 Å². The molecular formula is C27H30N7NaO7S. The second-order valence-electron chi connectivity index (χ2n) is 10.4. The van der Waals surface area contributed by atoms with Gasteiger partial charge >= 0.3 is 35.6 Å². The number of thioether (sulfide) groups is 1. The number of aromatic nitrogens is 2. The molecule has 1 saturated heterocycles. The Morgan fingerprint density at radius 1 is 1.19 bits per heavy atom. The van der Waals surface area contributed by atoms with Gasteiger partial charge in [-0.05, 0) is 43.7 Å². The monoisotopic (exact) mass is 619 g/mol. The number of nitrogens with one attached hydrogen (secondary N) is 2. The van der Waals surface area contributed by atoms with E-state index >= 15 is 0 Å². The third kappa shape index (κ3) is 6.60. The van der Waals surface area contributed by atoms with E-state index < -0.39 is 47.2 Å². The summed E-state index contributed by atoms with van der Waals surface area (Å²) in [6.45, 7) is 1.60. The zero-order valence-electron chi connectivity index (χ0n) is 23.6. The Morgan fingerprint density at radius 2 is 1.86 bits per heavy atom. The Kier molecular flexibility index (Phi) is 10.2. The van der Waals surface area contributed by atoms with E-state index in [2.05, 4.69) is 20.6 Å². The summed E-state index contributed by atoms with van der Waals surface area (Å²) in [5, 5.41) is 37.3. The molecule has 0 radical (unpaired) electrons. The molecule has 222 valence electrons. The summed E-state index contributed by atoms with van der Waals surface area (Å²) < 4.78 is 0. The van der Waals surface area contributed by atoms with E-state index in [1.54, 1.807) is 37.3 Å². The number of carbonyl (C=O) groups is 4. The normalized spacial score (nSPS) is 23.7. The van der Waals surface area contributed by atoms with Crippen molar-refractivity contribution >= 4 is 47.2 Å². The summed E-state index contributed by atoms with van der Waals surface area (Å²) >= 11 is 1.29. The summed E-state index contributed by atoms with van der Waals surface area (Å²) in [6.07, 6.45) is 3.44. The first-order valence-corrected chi connectivity index (χ1v) is 14.4. The SMILES string of the molecule is CC1=C(C(=O)[O-])N2C(=O)C(NC(=O)C(c3ccccc3)N(C(N)=O)c3cnc(NC4CCC(O)CC4)nc3O)[C@@H]2SC1.[Na+]. The van der Waals surface area contributed by atoms with Crippen molar-refractivity contribution in [2.24, 2.45) is 5.73 Å². The molecule has 3 heterocycles. The average molecular weight is 620 g/mol. The Bertz CT molecular complexity index is 1440. The van der Waals surface area contributed by atoms with Crippen LogP contribution in [0, 0.1) is 0 Å². The molecule has 2 aliphatic heterocycles. The Labute approximate surface area is 273 Å². The van der Waals surface area contributed by atoms with Crippen molar-refractivity contribution in [1.82, 2.24) is 20.2 Å². The molecule has 1 aliphatic carbocycles. The van der Waals surface area contributed by atoms with E-state index in [1.165, 1.54) is 18.0 Å². The molecule has 3 atom stereocenters. The minimum atomic E-state index is -1.48. The molecule has 14 nitrogen and oxygen atoms in total. The number of carboxylic acids is 1. The van der Waals surface area contributed by atoms with Crippen LogP contribution in [0.2, 0.25) is 0 Å². The van der Waals surface area contributed by atoms with Crippen LogP contribution >= 0.6 is 11.8 Å². The van der Waals surface area contributed by atoms with Crippen molar-refractivity contribution < 1.29 is 64.1 Å². The van der Waals surface area contributed by atoms with E-state index in [0.29, 0.717) is 42.6 Å². The van der Waals surface area contributed by atoms with Crippen molar-refractivity contribution in [3.63, 3.8) is 0 Å². The average Bonchev–Trinajstić information content (AvgIpc) is 2.96. The molecule has 0 spiro atoms. The number of β-lactam (4-membered cyclic amide) rings is 1. The molecular weight excluding hydrogens is 589 g/mol. The molecule has 6 N–H and O–H groups in total. The number of amides is 4. The van der Waals surface area contributed by atoms with Gasteiger partial charge in [0.15, 0.2) is 0 Å². The van der Waals surface area contributed by atoms with Gasteiger partial charge in [-0.25, -0.2) is 9.78 Å². The third-order valence-electron chi connectivity index (χ3n) is 7.55. The summed E-state index contributed by atoms with van der Waals surface area (Å²) in [4.78, 5) is 61.5. The van der Waals surface area contributed by atoms with Gasteiger partial charge in [0, 0.05) is 11.8 Å². The Hall–Kier alpha value is -3.37. The molecule has 1 aromatic heterocycles. The number of nitrogens with two attached hydrogens (primary N) is 1. The smallest absolute Gasteiger partial charge is 0.543 e. The summed E-state index contributed by atoms with van der Waals surface area (Å²) in [7, 11) is 0. The summed E-state index contributed by atoms with van der Waals surface area (Å²) in [6, 6.07) is 4.54. The number of carboxylic acid groups (broad SMARTS) is 1. The van der Waals surface area contributed by atoms with Crippen molar-refractivity contribution in [1.29, 1.82) is 0 Å². The topological polar surface area (TPSA) is 214 Å². The predicted octanol–water partition coefficient (Wildman–Crippen LogP) is -3.05. The van der Waals surface area contributed by atoms with E-state index in [4.69, 9.17) is 5.73 Å². The van der Waals surface area contributed by atoms with Crippen molar-refractivity contribution in [2.75, 3.05) is 16.0 Å². The number of aliphatic hydroxyl groups excluding tert-OH is 1. The van der Waals surface area contributed by atoms with Gasteiger partial charge < -0.3 is 36.5 Å². The van der Waals surface area contributed by atoms with Gasteiger partial charge in [-0.3, -0.25) is 19.4 Å². The number of hydrogen-bond acceptors (Lipinski definition) is 11. The number of aliphatic carboxylic acids is 1. The number of anilines is 2. The van der Waals surface area contributed by atoms with Gasteiger partial charge in [0.1, 0.15) is 23.1 Å². The van der Waals surface area contributed by atoms with Gasteiger partial charge in [0.2, 0.25) is 17.7 Å². The first-order chi connectivity index (χ1) is 20.1. The fraction of sp³-hybridized carbons (Fsp3) is 0.407. The maximum absolute atomic E-state index is 13.8. The number of aromatic hydroxyl groups is 1. The first kappa shape index (κ1) is 32.5. The van der Waals surface area contributed by atoms with Crippen molar-refractivity contribution in [3.8, 4) is 5.88 Å². The molecule has 43 heavy (non-hydrogen) atoms. The van der Waals surface area contributed by atoms with Crippen LogP contribution in [-0.2, 0) is 14.4 Å². The fourth-order valence-corrected chi connectivity index (χ4v) is 6.73. The van der Waals surface area contributed by atoms with E-state index in [1.807, 2.05) is 0 Å². The maximum atomic E-state index is 13.8. The zero-order valence-corrected chi connectivity index (χ0v) is 26.4. The van der Waals surface area contributed by atoms with Crippen LogP contribution in [0.15, 0.2) is 47.8 Å². The van der Waals surface area contributed by atoms with Crippen LogP contribution in [-0.4, -0.2) is 78.2 Å². The molecule has 2 aromatic rings. The second-order valence-corrected chi connectivity index (χ2v) is 11.5. The van der Waals surface area contributed by atoms with Crippen LogP contribution in [0.25, 0.3) is 0 Å². The second kappa shape index (κ2) is 13.5. The minimum absolute atomic E-state index is 0. The van der Waals surface area contributed by atoms with Crippen molar-refractivity contribution in [2.45, 2.75) is 62.2 Å². The van der Waals surface area contributed by atoms with E-state index in [9.17, 15) is 34.5 Å². The van der Waals surface area contributed by atoms with Crippen LogP contribution in [0.3, 0.4) is 0 Å². The minimum Gasteiger partial charge on any atom is -0.543 e. The quantitative estimate of drug-likeness (QED) is 0.148. The molecule has 2 unspecified atom stereocenters. The number of hydrogen-bond donors (Lipinski definition) is 5. The molecule has 1 saturated carbocycles. The van der Waals surface area contributed by atoms with Gasteiger partial charge in [-0.2, -0.15) is 4.98 Å².